The molecule has 1 aromatic rings. The predicted octanol–water partition coefficient (Wildman–Crippen LogP) is 3.15. The van der Waals surface area contributed by atoms with Gasteiger partial charge >= 0.3 is 5.97 Å². The highest BCUT2D eigenvalue weighted by molar-refractivity contribution is 8.93. The molecule has 0 radical (unpaired) electrons. The van der Waals surface area contributed by atoms with Gasteiger partial charge in [-0.05, 0) is 25.0 Å². The SMILES string of the molecule is Br.Cc1ccc(N=C2NC(=O)C3(CC(COCC(C)C)OC3=O)S2)cc1. The first-order valence-electron chi connectivity index (χ1n) is 8.34. The van der Waals surface area contributed by atoms with Crippen LogP contribution in [-0.4, -0.2) is 41.1 Å². The van der Waals surface area contributed by atoms with Gasteiger partial charge in [0.15, 0.2) is 5.17 Å². The van der Waals surface area contributed by atoms with Gasteiger partial charge in [0.2, 0.25) is 4.75 Å². The number of cyclic esters (lactones) is 1. The molecule has 6 nitrogen and oxygen atoms in total. The van der Waals surface area contributed by atoms with E-state index in [4.69, 9.17) is 9.47 Å². The molecule has 1 spiro atoms. The summed E-state index contributed by atoms with van der Waals surface area (Å²) in [5, 5.41) is 3.13. The maximum absolute atomic E-state index is 12.4. The first kappa shape index (κ1) is 20.9. The second-order valence-corrected chi connectivity index (χ2v) is 8.09. The number of amides is 1. The number of carbonyl (C=O) groups excluding carboxylic acids is 2. The number of carbonyl (C=O) groups is 2. The molecule has 0 bridgehead atoms. The largest absolute Gasteiger partial charge is 0.458 e. The summed E-state index contributed by atoms with van der Waals surface area (Å²) >= 11 is 1.14. The van der Waals surface area contributed by atoms with Crippen LogP contribution >= 0.6 is 28.7 Å². The first-order chi connectivity index (χ1) is 11.9. The molecule has 2 heterocycles. The van der Waals surface area contributed by atoms with Gasteiger partial charge in [0, 0.05) is 13.0 Å². The van der Waals surface area contributed by atoms with Crippen LogP contribution in [0.3, 0.4) is 0 Å². The van der Waals surface area contributed by atoms with Crippen molar-refractivity contribution in [2.24, 2.45) is 10.9 Å². The third-order valence-corrected chi connectivity index (χ3v) is 5.25. The average Bonchev–Trinajstić information content (AvgIpc) is 3.02. The summed E-state index contributed by atoms with van der Waals surface area (Å²) in [5.74, 6) is -0.467. The molecule has 2 atom stereocenters. The zero-order chi connectivity index (χ0) is 18.0. The number of amidine groups is 1. The minimum atomic E-state index is -1.24. The fourth-order valence-corrected chi connectivity index (χ4v) is 3.88. The van der Waals surface area contributed by atoms with E-state index in [-0.39, 0.29) is 22.9 Å². The molecular weight excluding hydrogens is 420 g/mol. The number of aliphatic imine (C=N–C) groups is 1. The predicted molar refractivity (Wildman–Crippen MR) is 107 cm³/mol. The van der Waals surface area contributed by atoms with Gasteiger partial charge in [-0.15, -0.1) is 17.0 Å². The lowest BCUT2D eigenvalue weighted by atomic mass is 10.0. The van der Waals surface area contributed by atoms with Gasteiger partial charge in [-0.25, -0.2) is 9.79 Å². The van der Waals surface area contributed by atoms with E-state index in [0.29, 0.717) is 30.7 Å². The third-order valence-electron chi connectivity index (χ3n) is 4.00. The molecule has 2 aliphatic rings. The van der Waals surface area contributed by atoms with Gasteiger partial charge in [-0.2, -0.15) is 0 Å². The van der Waals surface area contributed by atoms with Crippen molar-refractivity contribution in [3.05, 3.63) is 29.8 Å². The van der Waals surface area contributed by atoms with Crippen LogP contribution < -0.4 is 5.32 Å². The smallest absolute Gasteiger partial charge is 0.332 e. The highest BCUT2D eigenvalue weighted by Crippen LogP contribution is 2.43. The number of nitrogens with one attached hydrogen (secondary N) is 1. The number of aryl methyl sites for hydroxylation is 1. The van der Waals surface area contributed by atoms with E-state index in [1.54, 1.807) is 0 Å². The van der Waals surface area contributed by atoms with Gasteiger partial charge in [0.25, 0.3) is 5.91 Å². The van der Waals surface area contributed by atoms with Gasteiger partial charge in [-0.1, -0.05) is 43.3 Å². The van der Waals surface area contributed by atoms with Gasteiger partial charge in [0.1, 0.15) is 6.10 Å². The molecule has 3 rings (SSSR count). The van der Waals surface area contributed by atoms with Crippen molar-refractivity contribution in [3.63, 3.8) is 0 Å². The standard InChI is InChI=1S/C18H22N2O4S.BrH/c1-11(2)9-23-10-14-8-18(16(22)24-14)15(21)20-17(25-18)19-13-6-4-12(3)5-7-13;/h4-7,11,14H,8-10H2,1-3H3,(H,19,20,21);1H. The van der Waals surface area contributed by atoms with Crippen molar-refractivity contribution in [1.82, 2.24) is 5.32 Å². The van der Waals surface area contributed by atoms with Gasteiger partial charge < -0.3 is 14.8 Å². The van der Waals surface area contributed by atoms with Gasteiger partial charge in [-0.3, -0.25) is 4.79 Å². The number of esters is 1. The minimum absolute atomic E-state index is 0. The molecule has 2 saturated heterocycles. The molecule has 1 amide bonds. The van der Waals surface area contributed by atoms with E-state index in [1.807, 2.05) is 31.2 Å². The van der Waals surface area contributed by atoms with Crippen LogP contribution in [0.15, 0.2) is 29.3 Å². The molecule has 0 aromatic heterocycles. The Labute approximate surface area is 167 Å². The van der Waals surface area contributed by atoms with E-state index in [2.05, 4.69) is 24.2 Å². The van der Waals surface area contributed by atoms with E-state index < -0.39 is 16.8 Å². The summed E-state index contributed by atoms with van der Waals surface area (Å²) in [7, 11) is 0. The monoisotopic (exact) mass is 442 g/mol. The second kappa shape index (κ2) is 8.54. The maximum Gasteiger partial charge on any atom is 0.332 e. The van der Waals surface area contributed by atoms with E-state index in [0.717, 1.165) is 23.0 Å². The molecule has 2 unspecified atom stereocenters. The topological polar surface area (TPSA) is 77.0 Å². The summed E-state index contributed by atoms with van der Waals surface area (Å²) < 4.78 is 9.67. The molecular formula is C18H23BrN2O4S. The zero-order valence-electron chi connectivity index (χ0n) is 15.0. The second-order valence-electron chi connectivity index (χ2n) is 6.80. The molecule has 26 heavy (non-hydrogen) atoms. The number of nitrogens with zero attached hydrogens (tertiary/aromatic N) is 1. The van der Waals surface area contributed by atoms with Crippen molar-refractivity contribution in [2.75, 3.05) is 13.2 Å². The number of halogens is 1. The lowest BCUT2D eigenvalue weighted by molar-refractivity contribution is -0.146. The van der Waals surface area contributed by atoms with Crippen molar-refractivity contribution in [3.8, 4) is 0 Å². The molecule has 2 aliphatic heterocycles. The van der Waals surface area contributed by atoms with Crippen molar-refractivity contribution in [1.29, 1.82) is 0 Å². The fraction of sp³-hybridized carbons (Fsp3) is 0.500. The van der Waals surface area contributed by atoms with E-state index in [1.165, 1.54) is 0 Å². The summed E-state index contributed by atoms with van der Waals surface area (Å²) in [6.45, 7) is 7.00. The number of ether oxygens (including phenoxy) is 2. The molecule has 8 heteroatoms. The molecule has 1 aromatic carbocycles. The lowest BCUT2D eigenvalue weighted by Crippen LogP contribution is -2.40. The van der Waals surface area contributed by atoms with Crippen molar-refractivity contribution >= 4 is 51.5 Å². The Kier molecular flexibility index (Phi) is 6.87. The number of thioether (sulfide) groups is 1. The van der Waals surface area contributed by atoms with Crippen LogP contribution in [0.25, 0.3) is 0 Å². The van der Waals surface area contributed by atoms with Crippen molar-refractivity contribution < 1.29 is 19.1 Å². The summed E-state index contributed by atoms with van der Waals surface area (Å²) in [6, 6.07) is 7.64. The molecule has 0 saturated carbocycles. The van der Waals surface area contributed by atoms with Crippen LogP contribution in [0.2, 0.25) is 0 Å². The molecule has 2 fully saturated rings. The Hall–Kier alpha value is -1.38. The quantitative estimate of drug-likeness (QED) is 0.559. The summed E-state index contributed by atoms with van der Waals surface area (Å²) in [4.78, 5) is 29.2. The first-order valence-corrected chi connectivity index (χ1v) is 9.15. The zero-order valence-corrected chi connectivity index (χ0v) is 17.5. The molecule has 142 valence electrons. The van der Waals surface area contributed by atoms with Crippen LogP contribution in [0.4, 0.5) is 5.69 Å². The highest BCUT2D eigenvalue weighted by atomic mass is 79.9. The number of hydrogen-bond acceptors (Lipinski definition) is 6. The Morgan fingerprint density at radius 2 is 2.04 bits per heavy atom. The Morgan fingerprint density at radius 1 is 1.35 bits per heavy atom. The maximum atomic E-state index is 12.4. The highest BCUT2D eigenvalue weighted by Gasteiger charge is 2.60. The summed E-state index contributed by atoms with van der Waals surface area (Å²) in [5.41, 5.74) is 1.86. The van der Waals surface area contributed by atoms with Crippen LogP contribution in [0.5, 0.6) is 0 Å². The number of rotatable bonds is 5. The Balaban J connectivity index is 0.00000243. The number of hydrogen-bond donors (Lipinski definition) is 1. The fourth-order valence-electron chi connectivity index (χ4n) is 2.71. The van der Waals surface area contributed by atoms with E-state index >= 15 is 0 Å². The molecule has 1 N–H and O–H groups in total. The normalized spacial score (nSPS) is 26.3. The Morgan fingerprint density at radius 3 is 2.69 bits per heavy atom. The lowest BCUT2D eigenvalue weighted by Gasteiger charge is -2.12. The van der Waals surface area contributed by atoms with Crippen molar-refractivity contribution in [2.45, 2.75) is 38.0 Å². The van der Waals surface area contributed by atoms with Crippen LogP contribution in [0.1, 0.15) is 25.8 Å². The van der Waals surface area contributed by atoms with Crippen LogP contribution in [0, 0.1) is 12.8 Å². The van der Waals surface area contributed by atoms with Gasteiger partial charge in [0.05, 0.1) is 12.3 Å². The Bertz CT molecular complexity index is 708. The molecule has 0 aliphatic carbocycles. The average molecular weight is 443 g/mol. The minimum Gasteiger partial charge on any atom is -0.458 e. The van der Waals surface area contributed by atoms with Crippen LogP contribution in [-0.2, 0) is 19.1 Å². The third kappa shape index (κ3) is 4.47. The van der Waals surface area contributed by atoms with E-state index in [9.17, 15) is 9.59 Å². The summed E-state index contributed by atoms with van der Waals surface area (Å²) in [6.07, 6.45) is -0.101. The number of benzene rings is 1.